The Kier molecular flexibility index (Phi) is 2.52. The number of amides is 1. The number of nitrogens with two attached hydrogens (primary N) is 1. The number of nitrogens with one attached hydrogen (secondary N) is 1. The normalized spacial score (nSPS) is 17.2. The molecule has 2 aromatic rings. The highest BCUT2D eigenvalue weighted by Gasteiger charge is 2.26. The zero-order valence-electron chi connectivity index (χ0n) is 10.4. The zero-order valence-corrected chi connectivity index (χ0v) is 10.4. The number of carbonyl (C=O) groups excluding carboxylic acids is 1. The van der Waals surface area contributed by atoms with Crippen LogP contribution < -0.4 is 11.1 Å². The van der Waals surface area contributed by atoms with E-state index in [0.717, 1.165) is 11.1 Å². The van der Waals surface area contributed by atoms with Crippen molar-refractivity contribution in [2.24, 2.45) is 0 Å². The smallest absolute Gasteiger partial charge is 0.231 e. The van der Waals surface area contributed by atoms with Crippen LogP contribution in [0.15, 0.2) is 36.4 Å². The number of rotatable bonds is 0. The monoisotopic (exact) mass is 256 g/mol. The van der Waals surface area contributed by atoms with Crippen molar-refractivity contribution in [1.82, 2.24) is 0 Å². The quantitative estimate of drug-likeness (QED) is 0.711. The molecule has 0 fully saturated rings. The summed E-state index contributed by atoms with van der Waals surface area (Å²) in [6.45, 7) is 1.76. The van der Waals surface area contributed by atoms with Gasteiger partial charge in [0.25, 0.3) is 0 Å². The van der Waals surface area contributed by atoms with E-state index in [1.807, 2.05) is 0 Å². The lowest BCUT2D eigenvalue weighted by atomic mass is 9.91. The Morgan fingerprint density at radius 3 is 2.84 bits per heavy atom. The van der Waals surface area contributed by atoms with Crippen molar-refractivity contribution < 1.29 is 9.18 Å². The van der Waals surface area contributed by atoms with Crippen molar-refractivity contribution in [3.05, 3.63) is 47.8 Å². The second kappa shape index (κ2) is 4.09. The van der Waals surface area contributed by atoms with E-state index in [1.54, 1.807) is 31.2 Å². The first-order valence-electron chi connectivity index (χ1n) is 6.07. The minimum Gasteiger partial charge on any atom is -0.398 e. The topological polar surface area (TPSA) is 55.1 Å². The van der Waals surface area contributed by atoms with Crippen molar-refractivity contribution in [3.63, 3.8) is 0 Å². The van der Waals surface area contributed by atoms with E-state index in [2.05, 4.69) is 5.32 Å². The summed E-state index contributed by atoms with van der Waals surface area (Å²) < 4.78 is 13.4. The summed E-state index contributed by atoms with van der Waals surface area (Å²) in [5, 5.41) is 2.84. The molecule has 1 atom stereocenters. The highest BCUT2D eigenvalue weighted by molar-refractivity contribution is 6.05. The van der Waals surface area contributed by atoms with Crippen LogP contribution in [0.2, 0.25) is 0 Å². The summed E-state index contributed by atoms with van der Waals surface area (Å²) in [5.74, 6) is -0.926. The first-order valence-corrected chi connectivity index (χ1v) is 6.07. The van der Waals surface area contributed by atoms with Gasteiger partial charge in [-0.2, -0.15) is 0 Å². The molecule has 0 saturated carbocycles. The van der Waals surface area contributed by atoms with Crippen LogP contribution in [0.1, 0.15) is 18.4 Å². The van der Waals surface area contributed by atoms with Crippen molar-refractivity contribution in [1.29, 1.82) is 0 Å². The molecule has 96 valence electrons. The predicted octanol–water partition coefficient (Wildman–Crippen LogP) is 3.13. The molecule has 2 aromatic carbocycles. The minimum atomic E-state index is -0.419. The van der Waals surface area contributed by atoms with E-state index in [-0.39, 0.29) is 11.7 Å². The molecule has 0 radical (unpaired) electrons. The molecule has 3 N–H and O–H groups in total. The van der Waals surface area contributed by atoms with Gasteiger partial charge in [0, 0.05) is 11.3 Å². The van der Waals surface area contributed by atoms with Crippen LogP contribution in [0, 0.1) is 5.82 Å². The van der Waals surface area contributed by atoms with Crippen molar-refractivity contribution >= 4 is 17.3 Å². The van der Waals surface area contributed by atoms with Gasteiger partial charge in [-0.05, 0) is 42.3 Å². The Labute approximate surface area is 110 Å². The van der Waals surface area contributed by atoms with Gasteiger partial charge in [0.1, 0.15) is 5.82 Å². The van der Waals surface area contributed by atoms with Gasteiger partial charge in [-0.15, -0.1) is 0 Å². The van der Waals surface area contributed by atoms with E-state index < -0.39 is 5.92 Å². The number of fused-ring (bicyclic) bond motifs is 3. The third-order valence-corrected chi connectivity index (χ3v) is 3.50. The second-order valence-electron chi connectivity index (χ2n) is 4.71. The molecule has 0 aliphatic carbocycles. The highest BCUT2D eigenvalue weighted by Crippen LogP contribution is 2.41. The lowest BCUT2D eigenvalue weighted by Gasteiger charge is -2.12. The number of carbonyl (C=O) groups is 1. The fourth-order valence-electron chi connectivity index (χ4n) is 2.48. The number of anilines is 2. The minimum absolute atomic E-state index is 0.156. The van der Waals surface area contributed by atoms with Gasteiger partial charge in [0.2, 0.25) is 5.91 Å². The molecule has 1 heterocycles. The van der Waals surface area contributed by atoms with Gasteiger partial charge in [0.15, 0.2) is 0 Å². The number of benzene rings is 2. The Hall–Kier alpha value is -2.36. The number of halogens is 1. The molecule has 0 saturated heterocycles. The maximum Gasteiger partial charge on any atom is 0.231 e. The van der Waals surface area contributed by atoms with Gasteiger partial charge < -0.3 is 11.1 Å². The fraction of sp³-hybridized carbons (Fsp3) is 0.133. The maximum absolute atomic E-state index is 13.4. The molecular weight excluding hydrogens is 243 g/mol. The summed E-state index contributed by atoms with van der Waals surface area (Å²) in [6, 6.07) is 9.83. The van der Waals surface area contributed by atoms with Crippen molar-refractivity contribution in [2.45, 2.75) is 12.8 Å². The first-order chi connectivity index (χ1) is 9.08. The summed E-state index contributed by atoms with van der Waals surface area (Å²) in [6.07, 6.45) is 0. The van der Waals surface area contributed by atoms with E-state index >= 15 is 0 Å². The Balaban J connectivity index is 2.37. The maximum atomic E-state index is 13.4. The van der Waals surface area contributed by atoms with Crippen LogP contribution in [0.3, 0.4) is 0 Å². The molecule has 4 heteroatoms. The SMILES string of the molecule is CC1C(=O)Nc2cccc(N)c2-c2ccc(F)cc21. The van der Waals surface area contributed by atoms with Gasteiger partial charge >= 0.3 is 0 Å². The lowest BCUT2D eigenvalue weighted by molar-refractivity contribution is -0.117. The first kappa shape index (κ1) is 11.7. The van der Waals surface area contributed by atoms with Gasteiger partial charge in [-0.1, -0.05) is 12.1 Å². The van der Waals surface area contributed by atoms with Crippen LogP contribution >= 0.6 is 0 Å². The van der Waals surface area contributed by atoms with Gasteiger partial charge in [-0.25, -0.2) is 4.39 Å². The summed E-state index contributed by atoms with van der Waals surface area (Å²) in [7, 11) is 0. The van der Waals surface area contributed by atoms with Crippen LogP contribution in [-0.2, 0) is 4.79 Å². The van der Waals surface area contributed by atoms with Crippen LogP contribution in [0.5, 0.6) is 0 Å². The molecule has 1 aliphatic heterocycles. The number of hydrogen-bond donors (Lipinski definition) is 2. The molecule has 1 unspecified atom stereocenters. The van der Waals surface area contributed by atoms with E-state index in [4.69, 9.17) is 5.73 Å². The molecule has 0 aromatic heterocycles. The molecule has 3 rings (SSSR count). The standard InChI is InChI=1S/C15H13FN2O/c1-8-11-7-9(16)5-6-10(11)14-12(17)3-2-4-13(14)18-15(8)19/h2-8H,17H2,1H3,(H,18,19). The molecule has 0 bridgehead atoms. The predicted molar refractivity (Wildman–Crippen MR) is 73.3 cm³/mol. The third-order valence-electron chi connectivity index (χ3n) is 3.50. The largest absolute Gasteiger partial charge is 0.398 e. The summed E-state index contributed by atoms with van der Waals surface area (Å²) >= 11 is 0. The fourth-order valence-corrected chi connectivity index (χ4v) is 2.48. The van der Waals surface area contributed by atoms with E-state index in [1.165, 1.54) is 12.1 Å². The molecule has 1 amide bonds. The molecule has 3 nitrogen and oxygen atoms in total. The summed E-state index contributed by atoms with van der Waals surface area (Å²) in [5.41, 5.74) is 9.47. The summed E-state index contributed by atoms with van der Waals surface area (Å²) in [4.78, 5) is 12.1. The highest BCUT2D eigenvalue weighted by atomic mass is 19.1. The van der Waals surface area contributed by atoms with Gasteiger partial charge in [0.05, 0.1) is 11.6 Å². The zero-order chi connectivity index (χ0) is 13.6. The Morgan fingerprint density at radius 2 is 2.05 bits per heavy atom. The van der Waals surface area contributed by atoms with E-state index in [0.29, 0.717) is 16.9 Å². The number of nitrogen functional groups attached to an aromatic ring is 1. The number of hydrogen-bond acceptors (Lipinski definition) is 2. The average Bonchev–Trinajstić information content (AvgIpc) is 2.48. The third kappa shape index (κ3) is 1.76. The lowest BCUT2D eigenvalue weighted by Crippen LogP contribution is -2.17. The van der Waals surface area contributed by atoms with Gasteiger partial charge in [-0.3, -0.25) is 4.79 Å². The van der Waals surface area contributed by atoms with Crippen molar-refractivity contribution in [3.8, 4) is 11.1 Å². The Bertz CT molecular complexity index is 682. The van der Waals surface area contributed by atoms with Crippen LogP contribution in [-0.4, -0.2) is 5.91 Å². The molecule has 19 heavy (non-hydrogen) atoms. The van der Waals surface area contributed by atoms with Crippen molar-refractivity contribution in [2.75, 3.05) is 11.1 Å². The molecule has 1 aliphatic rings. The van der Waals surface area contributed by atoms with Crippen LogP contribution in [0.4, 0.5) is 15.8 Å². The average molecular weight is 256 g/mol. The Morgan fingerprint density at radius 1 is 1.26 bits per heavy atom. The second-order valence-corrected chi connectivity index (χ2v) is 4.71. The molecular formula is C15H13FN2O. The van der Waals surface area contributed by atoms with Crippen LogP contribution in [0.25, 0.3) is 11.1 Å². The molecule has 0 spiro atoms. The van der Waals surface area contributed by atoms with E-state index in [9.17, 15) is 9.18 Å².